The van der Waals surface area contributed by atoms with Crippen LogP contribution in [0.3, 0.4) is 0 Å². The first-order valence-corrected chi connectivity index (χ1v) is 7.91. The Morgan fingerprint density at radius 3 is 2.71 bits per heavy atom. The van der Waals surface area contributed by atoms with Crippen LogP contribution in [0.15, 0.2) is 35.3 Å². The van der Waals surface area contributed by atoms with Gasteiger partial charge in [0, 0.05) is 32.6 Å². The zero-order valence-corrected chi connectivity index (χ0v) is 13.5. The second-order valence-electron chi connectivity index (χ2n) is 4.94. The highest BCUT2D eigenvalue weighted by Crippen LogP contribution is 2.17. The van der Waals surface area contributed by atoms with Gasteiger partial charge in [-0.1, -0.05) is 30.3 Å². The van der Waals surface area contributed by atoms with Crippen LogP contribution in [-0.2, 0) is 11.3 Å². The van der Waals surface area contributed by atoms with E-state index in [1.807, 2.05) is 35.3 Å². The van der Waals surface area contributed by atoms with E-state index >= 15 is 0 Å². The number of hydrogen-bond acceptors (Lipinski definition) is 3. The lowest BCUT2D eigenvalue weighted by Gasteiger charge is -2.38. The summed E-state index contributed by atoms with van der Waals surface area (Å²) in [5.74, 6) is 0.403. The van der Waals surface area contributed by atoms with Crippen molar-refractivity contribution < 1.29 is 4.79 Å². The highest BCUT2D eigenvalue weighted by molar-refractivity contribution is 6.51. The lowest BCUT2D eigenvalue weighted by Crippen LogP contribution is -2.56. The van der Waals surface area contributed by atoms with Crippen molar-refractivity contribution in [2.45, 2.75) is 18.3 Å². The van der Waals surface area contributed by atoms with Crippen LogP contribution in [-0.4, -0.2) is 53.0 Å². The van der Waals surface area contributed by atoms with Gasteiger partial charge in [-0.3, -0.25) is 14.8 Å². The number of carbonyl (C=O) groups is 1. The Bertz CT molecular complexity index is 507. The lowest BCUT2D eigenvalue weighted by atomic mass is 10.1. The third kappa shape index (κ3) is 4.19. The molecule has 1 aliphatic heterocycles. The summed E-state index contributed by atoms with van der Waals surface area (Å²) in [6.45, 7) is 1.76. The van der Waals surface area contributed by atoms with E-state index in [2.05, 4.69) is 4.99 Å². The molecule has 1 aromatic carbocycles. The number of hydrogen-bond donors (Lipinski definition) is 0. The number of aliphatic imine (C=N–C) groups is 1. The van der Waals surface area contributed by atoms with Crippen molar-refractivity contribution in [3.8, 4) is 0 Å². The van der Waals surface area contributed by atoms with Crippen molar-refractivity contribution in [1.82, 2.24) is 10.0 Å². The minimum absolute atomic E-state index is 0.133. The number of carbonyl (C=O) groups excluding carboxylic acids is 1. The standard InChI is InChI=1S/C15H19Cl2N3O/c1-19-15(21)14(18-9-5-8-16)13(17)11-20(19)10-12-6-3-2-4-7-12/h2-4,6-7,13H,5,8-11H2,1H3. The molecule has 6 heteroatoms. The molecule has 1 fully saturated rings. The number of rotatable bonds is 5. The van der Waals surface area contributed by atoms with E-state index in [4.69, 9.17) is 23.2 Å². The second kappa shape index (κ2) is 7.78. The average molecular weight is 328 g/mol. The van der Waals surface area contributed by atoms with Crippen molar-refractivity contribution in [2.75, 3.05) is 26.0 Å². The minimum atomic E-state index is -0.382. The molecule has 4 nitrogen and oxygen atoms in total. The number of alkyl halides is 2. The highest BCUT2D eigenvalue weighted by Gasteiger charge is 2.34. The molecule has 1 aliphatic rings. The number of benzene rings is 1. The minimum Gasteiger partial charge on any atom is -0.282 e. The van der Waals surface area contributed by atoms with Gasteiger partial charge in [0.2, 0.25) is 0 Å². The van der Waals surface area contributed by atoms with Crippen LogP contribution >= 0.6 is 23.2 Å². The summed E-state index contributed by atoms with van der Waals surface area (Å²) in [5.41, 5.74) is 1.58. The quantitative estimate of drug-likeness (QED) is 0.615. The number of hydrazine groups is 1. The lowest BCUT2D eigenvalue weighted by molar-refractivity contribution is -0.141. The molecule has 0 bridgehead atoms. The molecular weight excluding hydrogens is 309 g/mol. The number of halogens is 2. The topological polar surface area (TPSA) is 35.9 Å². The van der Waals surface area contributed by atoms with E-state index in [1.54, 1.807) is 12.1 Å². The molecule has 1 aromatic rings. The molecule has 1 amide bonds. The van der Waals surface area contributed by atoms with Gasteiger partial charge in [0.1, 0.15) is 5.71 Å². The van der Waals surface area contributed by atoms with E-state index in [9.17, 15) is 4.79 Å². The summed E-state index contributed by atoms with van der Waals surface area (Å²) in [6.07, 6.45) is 0.749. The maximum absolute atomic E-state index is 12.4. The van der Waals surface area contributed by atoms with Crippen LogP contribution in [0.4, 0.5) is 0 Å². The van der Waals surface area contributed by atoms with Gasteiger partial charge in [-0.15, -0.1) is 23.2 Å². The Hall–Kier alpha value is -1.10. The van der Waals surface area contributed by atoms with Crippen LogP contribution in [0.25, 0.3) is 0 Å². The van der Waals surface area contributed by atoms with Gasteiger partial charge in [-0.2, -0.15) is 0 Å². The summed E-state index contributed by atoms with van der Waals surface area (Å²) in [7, 11) is 1.76. The van der Waals surface area contributed by atoms with Gasteiger partial charge in [0.25, 0.3) is 5.91 Å². The molecule has 1 saturated heterocycles. The summed E-state index contributed by atoms with van der Waals surface area (Å²) in [4.78, 5) is 16.7. The van der Waals surface area contributed by atoms with Gasteiger partial charge in [0.15, 0.2) is 0 Å². The molecule has 114 valence electrons. The molecule has 0 N–H and O–H groups in total. The Kier molecular flexibility index (Phi) is 6.03. The molecule has 2 rings (SSSR count). The largest absolute Gasteiger partial charge is 0.283 e. The predicted molar refractivity (Wildman–Crippen MR) is 86.9 cm³/mol. The van der Waals surface area contributed by atoms with Gasteiger partial charge < -0.3 is 0 Å². The number of amides is 1. The maximum Gasteiger partial charge on any atom is 0.283 e. The third-order valence-corrected chi connectivity index (χ3v) is 4.00. The zero-order valence-electron chi connectivity index (χ0n) is 12.0. The Morgan fingerprint density at radius 2 is 2.05 bits per heavy atom. The smallest absolute Gasteiger partial charge is 0.282 e. The fraction of sp³-hybridized carbons (Fsp3) is 0.467. The highest BCUT2D eigenvalue weighted by atomic mass is 35.5. The number of nitrogens with zero attached hydrogens (tertiary/aromatic N) is 3. The molecule has 0 aliphatic carbocycles. The molecule has 1 heterocycles. The summed E-state index contributed by atoms with van der Waals surface area (Å²) in [6, 6.07) is 10.0. The van der Waals surface area contributed by atoms with Crippen molar-refractivity contribution in [2.24, 2.45) is 4.99 Å². The first kappa shape index (κ1) is 16.3. The van der Waals surface area contributed by atoms with E-state index < -0.39 is 0 Å². The molecule has 0 aromatic heterocycles. The molecule has 1 atom stereocenters. The fourth-order valence-corrected chi connectivity index (χ4v) is 2.65. The van der Waals surface area contributed by atoms with E-state index in [0.29, 0.717) is 31.2 Å². The molecule has 21 heavy (non-hydrogen) atoms. The second-order valence-corrected chi connectivity index (χ2v) is 5.84. The average Bonchev–Trinajstić information content (AvgIpc) is 2.49. The molecule has 1 unspecified atom stereocenters. The monoisotopic (exact) mass is 327 g/mol. The first-order valence-electron chi connectivity index (χ1n) is 6.94. The molecule has 0 spiro atoms. The summed E-state index contributed by atoms with van der Waals surface area (Å²) in [5, 5.41) is 3.16. The van der Waals surface area contributed by atoms with Crippen LogP contribution in [0, 0.1) is 0 Å². The molecular formula is C15H19Cl2N3O. The third-order valence-electron chi connectivity index (χ3n) is 3.39. The first-order chi connectivity index (χ1) is 10.1. The van der Waals surface area contributed by atoms with Crippen molar-refractivity contribution in [3.63, 3.8) is 0 Å². The Balaban J connectivity index is 2.05. The van der Waals surface area contributed by atoms with Crippen LogP contribution in [0.1, 0.15) is 12.0 Å². The van der Waals surface area contributed by atoms with Crippen LogP contribution in [0.2, 0.25) is 0 Å². The summed E-state index contributed by atoms with van der Waals surface area (Å²) >= 11 is 12.0. The Morgan fingerprint density at radius 1 is 1.33 bits per heavy atom. The van der Waals surface area contributed by atoms with E-state index in [1.165, 1.54) is 0 Å². The zero-order chi connectivity index (χ0) is 15.2. The normalized spacial score (nSPS) is 22.0. The van der Waals surface area contributed by atoms with E-state index in [0.717, 1.165) is 12.0 Å². The maximum atomic E-state index is 12.4. The van der Waals surface area contributed by atoms with Gasteiger partial charge in [0.05, 0.1) is 5.38 Å². The van der Waals surface area contributed by atoms with Crippen molar-refractivity contribution in [3.05, 3.63) is 35.9 Å². The molecule has 0 saturated carbocycles. The van der Waals surface area contributed by atoms with Gasteiger partial charge in [-0.05, 0) is 12.0 Å². The van der Waals surface area contributed by atoms with Crippen LogP contribution in [0.5, 0.6) is 0 Å². The Labute approximate surface area is 135 Å². The van der Waals surface area contributed by atoms with E-state index in [-0.39, 0.29) is 11.3 Å². The van der Waals surface area contributed by atoms with Crippen molar-refractivity contribution in [1.29, 1.82) is 0 Å². The molecule has 0 radical (unpaired) electrons. The van der Waals surface area contributed by atoms with Gasteiger partial charge in [-0.25, -0.2) is 5.01 Å². The fourth-order valence-electron chi connectivity index (χ4n) is 2.21. The van der Waals surface area contributed by atoms with Gasteiger partial charge >= 0.3 is 0 Å². The predicted octanol–water partition coefficient (Wildman–Crippen LogP) is 2.55. The van der Waals surface area contributed by atoms with Crippen molar-refractivity contribution >= 4 is 34.8 Å². The summed E-state index contributed by atoms with van der Waals surface area (Å²) < 4.78 is 0. The SMILES string of the molecule is CN1C(=O)C(=NCCCCl)C(Cl)CN1Cc1ccccc1. The van der Waals surface area contributed by atoms with Crippen LogP contribution < -0.4 is 0 Å².